The number of carbonyl (C=O) groups is 2. The molecule has 0 N–H and O–H groups in total. The van der Waals surface area contributed by atoms with Crippen LogP contribution in [0.1, 0.15) is 32.7 Å². The van der Waals surface area contributed by atoms with Crippen LogP contribution in [0, 0.1) is 0 Å². The summed E-state index contributed by atoms with van der Waals surface area (Å²) < 4.78 is 21.8. The zero-order valence-electron chi connectivity index (χ0n) is 15.1. The van der Waals surface area contributed by atoms with Crippen molar-refractivity contribution in [1.82, 2.24) is 0 Å². The number of rotatable bonds is 5. The molecule has 6 nitrogen and oxygen atoms in total. The zero-order chi connectivity index (χ0) is 19.3. The Bertz CT molecular complexity index is 845. The van der Waals surface area contributed by atoms with E-state index in [9.17, 15) is 9.59 Å². The summed E-state index contributed by atoms with van der Waals surface area (Å²) in [4.78, 5) is 24.6. The van der Waals surface area contributed by atoms with E-state index in [1.165, 1.54) is 14.2 Å². The Kier molecular flexibility index (Phi) is 5.69. The van der Waals surface area contributed by atoms with Crippen LogP contribution < -0.4 is 0 Å². The second kappa shape index (κ2) is 8.16. The summed E-state index contributed by atoms with van der Waals surface area (Å²) in [6, 6.07) is 15.3. The van der Waals surface area contributed by atoms with E-state index in [-0.39, 0.29) is 6.42 Å². The van der Waals surface area contributed by atoms with Crippen molar-refractivity contribution in [1.29, 1.82) is 0 Å². The third-order valence-corrected chi connectivity index (χ3v) is 4.21. The van der Waals surface area contributed by atoms with Crippen LogP contribution in [0.2, 0.25) is 0 Å². The number of carbonyl (C=O) groups excluding carboxylic acids is 2. The van der Waals surface area contributed by atoms with Crippen LogP contribution in [0.25, 0.3) is 0 Å². The maximum Gasteiger partial charge on any atom is 0.340 e. The van der Waals surface area contributed by atoms with Gasteiger partial charge in [-0.25, -0.2) is 9.59 Å². The highest BCUT2D eigenvalue weighted by Gasteiger charge is 2.41. The molecule has 0 amide bonds. The maximum absolute atomic E-state index is 12.7. The number of esters is 2. The quantitative estimate of drug-likeness (QED) is 0.595. The number of ether oxygens (including phenoxy) is 4. The Morgan fingerprint density at radius 3 is 2.44 bits per heavy atom. The first-order valence-corrected chi connectivity index (χ1v) is 8.42. The van der Waals surface area contributed by atoms with Crippen LogP contribution >= 0.6 is 0 Å². The fourth-order valence-electron chi connectivity index (χ4n) is 2.83. The molecule has 1 aliphatic rings. The lowest BCUT2D eigenvalue weighted by Crippen LogP contribution is -2.41. The summed E-state index contributed by atoms with van der Waals surface area (Å²) in [5.74, 6) is -2.45. The lowest BCUT2D eigenvalue weighted by atomic mass is 9.97. The van der Waals surface area contributed by atoms with Gasteiger partial charge in [-0.05, 0) is 30.3 Å². The van der Waals surface area contributed by atoms with Gasteiger partial charge >= 0.3 is 11.9 Å². The van der Waals surface area contributed by atoms with Crippen molar-refractivity contribution in [2.24, 2.45) is 0 Å². The van der Waals surface area contributed by atoms with Crippen molar-refractivity contribution < 1.29 is 28.5 Å². The molecule has 1 aliphatic heterocycles. The highest BCUT2D eigenvalue weighted by atomic mass is 16.8. The minimum absolute atomic E-state index is 0.274. The molecule has 0 fully saturated rings. The molecule has 0 aromatic heterocycles. The van der Waals surface area contributed by atoms with Gasteiger partial charge in [0.25, 0.3) is 0 Å². The summed E-state index contributed by atoms with van der Waals surface area (Å²) in [6.45, 7) is 0. The summed E-state index contributed by atoms with van der Waals surface area (Å²) in [5, 5.41) is 0. The van der Waals surface area contributed by atoms with Gasteiger partial charge in [0.15, 0.2) is 6.29 Å². The topological polar surface area (TPSA) is 71.1 Å². The molecule has 6 heteroatoms. The first-order chi connectivity index (χ1) is 13.1. The maximum atomic E-state index is 12.7. The molecular formula is C21H20O6. The van der Waals surface area contributed by atoms with Gasteiger partial charge in [-0.15, -0.1) is 0 Å². The minimum Gasteiger partial charge on any atom is -0.465 e. The van der Waals surface area contributed by atoms with Gasteiger partial charge in [-0.1, -0.05) is 36.4 Å². The summed E-state index contributed by atoms with van der Waals surface area (Å²) >= 11 is 0. The SMILES string of the molecule is COC(=O)c1cccc([C@]2(OC(=O)c3ccccc3)CC=CC(OC)O2)c1. The minimum atomic E-state index is -1.42. The molecule has 0 bridgehead atoms. The Balaban J connectivity index is 2.00. The normalized spacial score (nSPS) is 21.5. The van der Waals surface area contributed by atoms with Crippen LogP contribution in [0.3, 0.4) is 0 Å². The van der Waals surface area contributed by atoms with Crippen LogP contribution in [0.5, 0.6) is 0 Å². The van der Waals surface area contributed by atoms with E-state index >= 15 is 0 Å². The molecular weight excluding hydrogens is 348 g/mol. The van der Waals surface area contributed by atoms with Gasteiger partial charge in [-0.3, -0.25) is 0 Å². The monoisotopic (exact) mass is 368 g/mol. The highest BCUT2D eigenvalue weighted by Crippen LogP contribution is 2.37. The first-order valence-electron chi connectivity index (χ1n) is 8.42. The van der Waals surface area contributed by atoms with E-state index < -0.39 is 24.0 Å². The molecule has 0 saturated carbocycles. The first kappa shape index (κ1) is 18.8. The fourth-order valence-corrected chi connectivity index (χ4v) is 2.83. The molecule has 27 heavy (non-hydrogen) atoms. The number of hydrogen-bond acceptors (Lipinski definition) is 6. The molecule has 2 aromatic rings. The van der Waals surface area contributed by atoms with Crippen molar-refractivity contribution in [3.8, 4) is 0 Å². The molecule has 1 heterocycles. The second-order valence-corrected chi connectivity index (χ2v) is 5.94. The molecule has 3 rings (SSSR count). The highest BCUT2D eigenvalue weighted by molar-refractivity contribution is 5.90. The Morgan fingerprint density at radius 1 is 1.00 bits per heavy atom. The summed E-state index contributed by atoms with van der Waals surface area (Å²) in [5.41, 5.74) is 1.24. The number of benzene rings is 2. The van der Waals surface area contributed by atoms with Crippen LogP contribution in [0.15, 0.2) is 66.7 Å². The Morgan fingerprint density at radius 2 is 1.74 bits per heavy atom. The molecule has 0 saturated heterocycles. The lowest BCUT2D eigenvalue weighted by molar-refractivity contribution is -0.281. The molecule has 2 aromatic carbocycles. The standard InChI is InChI=1S/C21H20O6/c1-24-18-12-7-13-21(26-18,27-20(23)15-8-4-3-5-9-15)17-11-6-10-16(14-17)19(22)25-2/h3-12,14,18H,13H2,1-2H3/t18?,21-/m1/s1. The van der Waals surface area contributed by atoms with E-state index in [1.54, 1.807) is 54.6 Å². The van der Waals surface area contributed by atoms with Crippen molar-refractivity contribution in [3.05, 3.63) is 83.4 Å². The van der Waals surface area contributed by atoms with Gasteiger partial charge in [0, 0.05) is 19.1 Å². The fraction of sp³-hybridized carbons (Fsp3) is 0.238. The third-order valence-electron chi connectivity index (χ3n) is 4.21. The van der Waals surface area contributed by atoms with Gasteiger partial charge in [0.1, 0.15) is 0 Å². The van der Waals surface area contributed by atoms with E-state index in [0.29, 0.717) is 16.7 Å². The molecule has 2 atom stereocenters. The Hall–Kier alpha value is -2.96. The van der Waals surface area contributed by atoms with Gasteiger partial charge in [0.2, 0.25) is 5.79 Å². The van der Waals surface area contributed by atoms with Crippen LogP contribution in [-0.2, 0) is 24.7 Å². The Labute approximate surface area is 157 Å². The largest absolute Gasteiger partial charge is 0.465 e. The average Bonchev–Trinajstić information content (AvgIpc) is 2.74. The second-order valence-electron chi connectivity index (χ2n) is 5.94. The van der Waals surface area contributed by atoms with E-state index in [0.717, 1.165) is 0 Å². The number of methoxy groups -OCH3 is 2. The molecule has 0 aliphatic carbocycles. The van der Waals surface area contributed by atoms with Crippen molar-refractivity contribution in [2.45, 2.75) is 18.5 Å². The number of hydrogen-bond donors (Lipinski definition) is 0. The van der Waals surface area contributed by atoms with Crippen molar-refractivity contribution >= 4 is 11.9 Å². The smallest absolute Gasteiger partial charge is 0.340 e. The summed E-state index contributed by atoms with van der Waals surface area (Å²) in [7, 11) is 2.80. The van der Waals surface area contributed by atoms with Gasteiger partial charge < -0.3 is 18.9 Å². The predicted octanol–water partition coefficient (Wildman–Crippen LogP) is 3.43. The summed E-state index contributed by atoms with van der Waals surface area (Å²) in [6.07, 6.45) is 3.14. The van der Waals surface area contributed by atoms with Crippen LogP contribution in [-0.4, -0.2) is 32.4 Å². The predicted molar refractivity (Wildman–Crippen MR) is 97.0 cm³/mol. The van der Waals surface area contributed by atoms with Crippen LogP contribution in [0.4, 0.5) is 0 Å². The third kappa shape index (κ3) is 4.07. The molecule has 0 radical (unpaired) electrons. The van der Waals surface area contributed by atoms with E-state index in [1.807, 2.05) is 12.1 Å². The lowest BCUT2D eigenvalue weighted by Gasteiger charge is -2.37. The van der Waals surface area contributed by atoms with Gasteiger partial charge in [0.05, 0.1) is 18.2 Å². The molecule has 1 unspecified atom stereocenters. The molecule has 140 valence electrons. The van der Waals surface area contributed by atoms with E-state index in [4.69, 9.17) is 18.9 Å². The van der Waals surface area contributed by atoms with Crippen molar-refractivity contribution in [2.75, 3.05) is 14.2 Å². The average molecular weight is 368 g/mol. The zero-order valence-corrected chi connectivity index (χ0v) is 15.1. The van der Waals surface area contributed by atoms with E-state index in [2.05, 4.69) is 0 Å². The van der Waals surface area contributed by atoms with Gasteiger partial charge in [-0.2, -0.15) is 0 Å². The van der Waals surface area contributed by atoms with Crippen molar-refractivity contribution in [3.63, 3.8) is 0 Å². The molecule has 0 spiro atoms.